The van der Waals surface area contributed by atoms with E-state index in [-0.39, 0.29) is 31.1 Å². The Bertz CT molecular complexity index is 1130. The van der Waals surface area contributed by atoms with E-state index < -0.39 is 6.10 Å². The van der Waals surface area contributed by atoms with Crippen molar-refractivity contribution in [3.8, 4) is 0 Å². The van der Waals surface area contributed by atoms with Crippen molar-refractivity contribution in [3.63, 3.8) is 0 Å². The van der Waals surface area contributed by atoms with Gasteiger partial charge in [-0.1, -0.05) is 263 Å². The Morgan fingerprint density at radius 1 is 0.299 bits per heavy atom. The second-order valence-electron chi connectivity index (χ2n) is 19.9. The van der Waals surface area contributed by atoms with Crippen LogP contribution in [0.4, 0.5) is 0 Å². The summed E-state index contributed by atoms with van der Waals surface area (Å²) in [7, 11) is 0. The zero-order chi connectivity index (χ0) is 48.6. The maximum Gasteiger partial charge on any atom is 0.306 e. The number of unbranched alkanes of at least 4 members (excludes halogenated alkanes) is 38. The molecular formula is C61H112O6. The molecule has 6 nitrogen and oxygen atoms in total. The number of esters is 3. The van der Waals surface area contributed by atoms with Gasteiger partial charge in [0.25, 0.3) is 0 Å². The predicted molar refractivity (Wildman–Crippen MR) is 289 cm³/mol. The van der Waals surface area contributed by atoms with Gasteiger partial charge in [0.05, 0.1) is 0 Å². The number of allylic oxidation sites excluding steroid dienone is 6. The second kappa shape index (κ2) is 56.2. The zero-order valence-electron chi connectivity index (χ0n) is 44.9. The Morgan fingerprint density at radius 2 is 0.537 bits per heavy atom. The smallest absolute Gasteiger partial charge is 0.306 e. The van der Waals surface area contributed by atoms with Gasteiger partial charge in [0.1, 0.15) is 13.2 Å². The topological polar surface area (TPSA) is 78.9 Å². The molecule has 392 valence electrons. The van der Waals surface area contributed by atoms with E-state index in [1.165, 1.54) is 212 Å². The quantitative estimate of drug-likeness (QED) is 0.0199. The number of hydrogen-bond donors (Lipinski definition) is 0. The molecular weight excluding hydrogens is 829 g/mol. The maximum absolute atomic E-state index is 12.9. The van der Waals surface area contributed by atoms with E-state index in [2.05, 4.69) is 57.2 Å². The number of carbonyl (C=O) groups excluding carboxylic acids is 3. The second-order valence-corrected chi connectivity index (χ2v) is 19.9. The Labute approximate surface area is 416 Å². The number of ether oxygens (including phenoxy) is 3. The molecule has 67 heavy (non-hydrogen) atoms. The first kappa shape index (κ1) is 64.6. The summed E-state index contributed by atoms with van der Waals surface area (Å²) in [6.45, 7) is 6.64. The molecule has 0 amide bonds. The van der Waals surface area contributed by atoms with Crippen molar-refractivity contribution in [2.24, 2.45) is 0 Å². The fourth-order valence-corrected chi connectivity index (χ4v) is 8.67. The lowest BCUT2D eigenvalue weighted by Crippen LogP contribution is -2.30. The lowest BCUT2D eigenvalue weighted by Gasteiger charge is -2.18. The third-order valence-electron chi connectivity index (χ3n) is 13.1. The molecule has 0 rings (SSSR count). The van der Waals surface area contributed by atoms with Gasteiger partial charge >= 0.3 is 17.9 Å². The molecule has 1 unspecified atom stereocenters. The lowest BCUT2D eigenvalue weighted by molar-refractivity contribution is -0.167. The molecule has 0 heterocycles. The molecule has 0 N–H and O–H groups in total. The Balaban J connectivity index is 4.36. The van der Waals surface area contributed by atoms with E-state index >= 15 is 0 Å². The summed E-state index contributed by atoms with van der Waals surface area (Å²) in [5.74, 6) is -0.871. The van der Waals surface area contributed by atoms with Gasteiger partial charge in [0, 0.05) is 19.3 Å². The third-order valence-corrected chi connectivity index (χ3v) is 13.1. The maximum atomic E-state index is 12.9. The van der Waals surface area contributed by atoms with Gasteiger partial charge in [-0.25, -0.2) is 0 Å². The van der Waals surface area contributed by atoms with E-state index in [1.54, 1.807) is 0 Å². The van der Waals surface area contributed by atoms with Crippen LogP contribution in [0.3, 0.4) is 0 Å². The van der Waals surface area contributed by atoms with Gasteiger partial charge in [-0.15, -0.1) is 0 Å². The standard InChI is InChI=1S/C61H112O6/c1-4-7-10-13-16-19-22-25-28-30-33-36-39-42-45-48-51-54-60(63)66-57-58(56-65-59(62)53-50-47-44-41-38-35-32-27-24-21-18-15-12-9-6-3)67-61(64)55-52-49-46-43-40-37-34-31-29-26-23-20-17-14-11-8-5-2/h18,21,24-25,27-28,58H,4-17,19-20,22-23,26,29-57H2,1-3H3/b21-18-,27-24-,28-25-. The van der Waals surface area contributed by atoms with Crippen LogP contribution in [0, 0.1) is 0 Å². The number of carbonyl (C=O) groups is 3. The molecule has 0 aromatic rings. The van der Waals surface area contributed by atoms with Crippen molar-refractivity contribution in [2.45, 2.75) is 322 Å². The third kappa shape index (κ3) is 54.4. The highest BCUT2D eigenvalue weighted by molar-refractivity contribution is 5.71. The van der Waals surface area contributed by atoms with Gasteiger partial charge in [-0.05, 0) is 70.6 Å². The molecule has 0 aliphatic heterocycles. The Kier molecular flexibility index (Phi) is 54.2. The van der Waals surface area contributed by atoms with Crippen molar-refractivity contribution >= 4 is 17.9 Å². The zero-order valence-corrected chi connectivity index (χ0v) is 44.9. The van der Waals surface area contributed by atoms with E-state index in [9.17, 15) is 14.4 Å². The fourth-order valence-electron chi connectivity index (χ4n) is 8.67. The first-order valence-electron chi connectivity index (χ1n) is 29.5. The summed E-state index contributed by atoms with van der Waals surface area (Å²) in [5, 5.41) is 0. The summed E-state index contributed by atoms with van der Waals surface area (Å²) < 4.78 is 16.9. The minimum atomic E-state index is -0.776. The van der Waals surface area contributed by atoms with Crippen LogP contribution in [0.15, 0.2) is 36.5 Å². The predicted octanol–water partition coefficient (Wildman–Crippen LogP) is 19.7. The summed E-state index contributed by atoms with van der Waals surface area (Å²) in [4.78, 5) is 38.2. The SMILES string of the molecule is CCCCC/C=C\C=C/CCCCCCCCC(=O)OCC(COC(=O)CCCCCCCCC/C=C\CCCCCCCC)OC(=O)CCCCCCCCCCCCCCCCCCC. The minimum Gasteiger partial charge on any atom is -0.462 e. The summed E-state index contributed by atoms with van der Waals surface area (Å²) in [5.41, 5.74) is 0. The van der Waals surface area contributed by atoms with Crippen LogP contribution in [0.25, 0.3) is 0 Å². The van der Waals surface area contributed by atoms with Crippen LogP contribution in [0.1, 0.15) is 316 Å². The molecule has 0 aromatic carbocycles. The van der Waals surface area contributed by atoms with E-state index in [0.717, 1.165) is 64.2 Å². The van der Waals surface area contributed by atoms with Crippen LogP contribution in [-0.2, 0) is 28.6 Å². The molecule has 0 radical (unpaired) electrons. The van der Waals surface area contributed by atoms with Crippen LogP contribution < -0.4 is 0 Å². The molecule has 0 aromatic heterocycles. The fraction of sp³-hybridized carbons (Fsp3) is 0.852. The summed E-state index contributed by atoms with van der Waals surface area (Å²) in [6, 6.07) is 0. The molecule has 0 saturated carbocycles. The largest absolute Gasteiger partial charge is 0.462 e. The first-order chi connectivity index (χ1) is 33.0. The summed E-state index contributed by atoms with van der Waals surface area (Å²) >= 11 is 0. The Hall–Kier alpha value is -2.37. The van der Waals surface area contributed by atoms with Crippen LogP contribution >= 0.6 is 0 Å². The van der Waals surface area contributed by atoms with Gasteiger partial charge in [0.15, 0.2) is 6.10 Å². The van der Waals surface area contributed by atoms with Gasteiger partial charge in [-0.2, -0.15) is 0 Å². The minimum absolute atomic E-state index is 0.0747. The molecule has 0 fully saturated rings. The Morgan fingerprint density at radius 3 is 0.866 bits per heavy atom. The molecule has 0 bridgehead atoms. The van der Waals surface area contributed by atoms with Crippen molar-refractivity contribution in [2.75, 3.05) is 13.2 Å². The number of hydrogen-bond acceptors (Lipinski definition) is 6. The average Bonchev–Trinajstić information content (AvgIpc) is 3.33. The molecule has 0 saturated heterocycles. The van der Waals surface area contributed by atoms with Crippen LogP contribution in [0.5, 0.6) is 0 Å². The normalized spacial score (nSPS) is 12.2. The van der Waals surface area contributed by atoms with Crippen LogP contribution in [-0.4, -0.2) is 37.2 Å². The molecule has 1 atom stereocenters. The average molecular weight is 942 g/mol. The van der Waals surface area contributed by atoms with E-state index in [0.29, 0.717) is 19.3 Å². The first-order valence-corrected chi connectivity index (χ1v) is 29.5. The van der Waals surface area contributed by atoms with Gasteiger partial charge in [0.2, 0.25) is 0 Å². The summed E-state index contributed by atoms with van der Waals surface area (Å²) in [6.07, 6.45) is 67.0. The highest BCUT2D eigenvalue weighted by atomic mass is 16.6. The van der Waals surface area contributed by atoms with E-state index in [1.807, 2.05) is 0 Å². The van der Waals surface area contributed by atoms with Crippen molar-refractivity contribution in [3.05, 3.63) is 36.5 Å². The molecule has 0 spiro atoms. The van der Waals surface area contributed by atoms with Crippen molar-refractivity contribution < 1.29 is 28.6 Å². The molecule has 0 aliphatic carbocycles. The lowest BCUT2D eigenvalue weighted by atomic mass is 10.0. The number of rotatable bonds is 54. The monoisotopic (exact) mass is 941 g/mol. The van der Waals surface area contributed by atoms with E-state index in [4.69, 9.17) is 14.2 Å². The van der Waals surface area contributed by atoms with Gasteiger partial charge < -0.3 is 14.2 Å². The molecule has 6 heteroatoms. The highest BCUT2D eigenvalue weighted by Gasteiger charge is 2.19. The van der Waals surface area contributed by atoms with Crippen molar-refractivity contribution in [1.29, 1.82) is 0 Å². The highest BCUT2D eigenvalue weighted by Crippen LogP contribution is 2.17. The van der Waals surface area contributed by atoms with Gasteiger partial charge in [-0.3, -0.25) is 14.4 Å². The molecule has 0 aliphatic rings. The van der Waals surface area contributed by atoms with Crippen molar-refractivity contribution in [1.82, 2.24) is 0 Å². The van der Waals surface area contributed by atoms with Crippen LogP contribution in [0.2, 0.25) is 0 Å².